The molecule has 0 aliphatic heterocycles. The molecular formula is C52H41N. The minimum Gasteiger partial charge on any atom is -0.311 e. The number of hydrogen-bond acceptors (Lipinski definition) is 1. The Morgan fingerprint density at radius 1 is 0.358 bits per heavy atom. The standard InChI is InChI=1S/C52H41N/c1-51(2)45-23-12-11-20-42(45)43-32-28-36(33-47(43)51)41-21-14-22-44-49-40(31-27-35-15-13-24-46(48(35)49)52(3,4)50(41)44)34-25-29-39(30-26-34)53(37-16-7-5-8-17-37)38-18-9-6-10-19-38/h5-33H,1-4H3. The van der Waals surface area contributed by atoms with Crippen molar-refractivity contribution in [3.63, 3.8) is 0 Å². The van der Waals surface area contributed by atoms with Gasteiger partial charge in [-0.25, -0.2) is 0 Å². The van der Waals surface area contributed by atoms with Gasteiger partial charge in [0.15, 0.2) is 0 Å². The van der Waals surface area contributed by atoms with Crippen molar-refractivity contribution in [1.82, 2.24) is 0 Å². The third-order valence-corrected chi connectivity index (χ3v) is 12.0. The van der Waals surface area contributed by atoms with E-state index in [4.69, 9.17) is 0 Å². The smallest absolute Gasteiger partial charge is 0.0462 e. The van der Waals surface area contributed by atoms with Crippen LogP contribution in [0.3, 0.4) is 0 Å². The first-order chi connectivity index (χ1) is 25.8. The quantitative estimate of drug-likeness (QED) is 0.175. The summed E-state index contributed by atoms with van der Waals surface area (Å²) in [5, 5.41) is 2.66. The fraction of sp³-hybridized carbons (Fsp3) is 0.115. The second kappa shape index (κ2) is 11.7. The molecule has 0 amide bonds. The van der Waals surface area contributed by atoms with Gasteiger partial charge < -0.3 is 4.90 Å². The van der Waals surface area contributed by atoms with Gasteiger partial charge in [-0.15, -0.1) is 0 Å². The van der Waals surface area contributed by atoms with E-state index in [0.29, 0.717) is 0 Å². The fourth-order valence-corrected chi connectivity index (χ4v) is 9.49. The molecule has 8 aromatic rings. The van der Waals surface area contributed by atoms with Gasteiger partial charge in [0, 0.05) is 27.9 Å². The van der Waals surface area contributed by atoms with Crippen LogP contribution < -0.4 is 4.90 Å². The van der Waals surface area contributed by atoms with E-state index >= 15 is 0 Å². The number of para-hydroxylation sites is 2. The zero-order valence-corrected chi connectivity index (χ0v) is 30.7. The van der Waals surface area contributed by atoms with Gasteiger partial charge in [0.2, 0.25) is 0 Å². The lowest BCUT2D eigenvalue weighted by atomic mass is 9.65. The molecule has 0 aromatic heterocycles. The Bertz CT molecular complexity index is 2660. The first-order valence-corrected chi connectivity index (χ1v) is 18.8. The molecule has 0 saturated heterocycles. The third kappa shape index (κ3) is 4.70. The highest BCUT2D eigenvalue weighted by Crippen LogP contribution is 2.55. The van der Waals surface area contributed by atoms with Gasteiger partial charge in [-0.2, -0.15) is 0 Å². The summed E-state index contributed by atoms with van der Waals surface area (Å²) in [5.41, 5.74) is 19.2. The van der Waals surface area contributed by atoms with Crippen LogP contribution in [0.25, 0.3) is 55.3 Å². The molecule has 8 aromatic carbocycles. The monoisotopic (exact) mass is 679 g/mol. The van der Waals surface area contributed by atoms with Gasteiger partial charge in [-0.1, -0.05) is 161 Å². The summed E-state index contributed by atoms with van der Waals surface area (Å²) in [6.07, 6.45) is 0. The lowest BCUT2D eigenvalue weighted by molar-refractivity contribution is 0.646. The molecule has 0 radical (unpaired) electrons. The summed E-state index contributed by atoms with van der Waals surface area (Å²) in [4.78, 5) is 2.33. The van der Waals surface area contributed by atoms with Gasteiger partial charge in [0.25, 0.3) is 0 Å². The van der Waals surface area contributed by atoms with E-state index < -0.39 is 0 Å². The molecule has 53 heavy (non-hydrogen) atoms. The van der Waals surface area contributed by atoms with Crippen molar-refractivity contribution in [2.45, 2.75) is 38.5 Å². The van der Waals surface area contributed by atoms with Gasteiger partial charge in [0.1, 0.15) is 0 Å². The first-order valence-electron chi connectivity index (χ1n) is 18.8. The third-order valence-electron chi connectivity index (χ3n) is 12.0. The van der Waals surface area contributed by atoms with Gasteiger partial charge in [-0.3, -0.25) is 0 Å². The minimum absolute atomic E-state index is 0.0551. The zero-order chi connectivity index (χ0) is 35.9. The van der Waals surface area contributed by atoms with Crippen LogP contribution in [-0.2, 0) is 10.8 Å². The van der Waals surface area contributed by atoms with Gasteiger partial charge in [-0.05, 0) is 120 Å². The van der Waals surface area contributed by atoms with Crippen molar-refractivity contribution in [3.8, 4) is 44.5 Å². The lowest BCUT2D eigenvalue weighted by Crippen LogP contribution is -2.25. The SMILES string of the molecule is CC1(C)c2ccccc2-c2ccc(-c3cccc4c3C(C)(C)c3cccc5ccc(-c6ccc(N(c7ccccc7)c7ccccc7)cc6)c-4c35)cc21. The van der Waals surface area contributed by atoms with Crippen LogP contribution in [0.5, 0.6) is 0 Å². The molecular weight excluding hydrogens is 639 g/mol. The molecule has 0 atom stereocenters. The van der Waals surface area contributed by atoms with Crippen LogP contribution in [0.2, 0.25) is 0 Å². The molecule has 0 N–H and O–H groups in total. The van der Waals surface area contributed by atoms with Crippen molar-refractivity contribution >= 4 is 27.8 Å². The van der Waals surface area contributed by atoms with Gasteiger partial charge >= 0.3 is 0 Å². The summed E-state index contributed by atoms with van der Waals surface area (Å²) in [6.45, 7) is 9.59. The maximum Gasteiger partial charge on any atom is 0.0462 e. The van der Waals surface area contributed by atoms with E-state index in [2.05, 4.69) is 209 Å². The lowest BCUT2D eigenvalue weighted by Gasteiger charge is -2.38. The van der Waals surface area contributed by atoms with Crippen molar-refractivity contribution in [1.29, 1.82) is 0 Å². The summed E-state index contributed by atoms with van der Waals surface area (Å²) >= 11 is 0. The highest BCUT2D eigenvalue weighted by Gasteiger charge is 2.38. The topological polar surface area (TPSA) is 3.24 Å². The van der Waals surface area contributed by atoms with E-state index in [-0.39, 0.29) is 10.8 Å². The molecule has 10 rings (SSSR count). The van der Waals surface area contributed by atoms with Crippen molar-refractivity contribution in [3.05, 3.63) is 198 Å². The summed E-state index contributed by atoms with van der Waals surface area (Å²) in [7, 11) is 0. The number of nitrogens with zero attached hydrogens (tertiary/aromatic N) is 1. The predicted octanol–water partition coefficient (Wildman–Crippen LogP) is 14.3. The molecule has 2 aliphatic rings. The van der Waals surface area contributed by atoms with E-state index in [1.165, 1.54) is 77.5 Å². The Balaban J connectivity index is 1.15. The van der Waals surface area contributed by atoms with Gasteiger partial charge in [0.05, 0.1) is 0 Å². The summed E-state index contributed by atoms with van der Waals surface area (Å²) in [6, 6.07) is 65.0. The molecule has 1 nitrogen and oxygen atoms in total. The van der Waals surface area contributed by atoms with Crippen LogP contribution in [-0.4, -0.2) is 0 Å². The van der Waals surface area contributed by atoms with Crippen molar-refractivity contribution < 1.29 is 0 Å². The summed E-state index contributed by atoms with van der Waals surface area (Å²) in [5.74, 6) is 0. The van der Waals surface area contributed by atoms with E-state index in [9.17, 15) is 0 Å². The Morgan fingerprint density at radius 2 is 0.906 bits per heavy atom. The van der Waals surface area contributed by atoms with Crippen LogP contribution in [0, 0.1) is 0 Å². The van der Waals surface area contributed by atoms with Crippen LogP contribution in [0.4, 0.5) is 17.1 Å². The number of anilines is 3. The number of benzene rings is 8. The zero-order valence-electron chi connectivity index (χ0n) is 30.7. The molecule has 1 heteroatoms. The number of fused-ring (bicyclic) bond motifs is 5. The van der Waals surface area contributed by atoms with Crippen molar-refractivity contribution in [2.75, 3.05) is 4.90 Å². The predicted molar refractivity (Wildman–Crippen MR) is 225 cm³/mol. The normalized spacial score (nSPS) is 14.3. The maximum atomic E-state index is 2.48. The van der Waals surface area contributed by atoms with Crippen LogP contribution in [0.1, 0.15) is 49.9 Å². The molecule has 0 bridgehead atoms. The molecule has 0 saturated carbocycles. The number of rotatable bonds is 5. The van der Waals surface area contributed by atoms with E-state index in [1.807, 2.05) is 0 Å². The second-order valence-corrected chi connectivity index (χ2v) is 15.7. The second-order valence-electron chi connectivity index (χ2n) is 15.7. The van der Waals surface area contributed by atoms with E-state index in [1.54, 1.807) is 0 Å². The Kier molecular flexibility index (Phi) is 6.94. The summed E-state index contributed by atoms with van der Waals surface area (Å²) < 4.78 is 0. The molecule has 0 fully saturated rings. The molecule has 0 heterocycles. The molecule has 0 spiro atoms. The Morgan fingerprint density at radius 3 is 1.64 bits per heavy atom. The molecule has 254 valence electrons. The highest BCUT2D eigenvalue weighted by atomic mass is 15.1. The average molecular weight is 680 g/mol. The maximum absolute atomic E-state index is 2.48. The molecule has 2 aliphatic carbocycles. The van der Waals surface area contributed by atoms with Crippen LogP contribution in [0.15, 0.2) is 176 Å². The largest absolute Gasteiger partial charge is 0.311 e. The fourth-order valence-electron chi connectivity index (χ4n) is 9.49. The average Bonchev–Trinajstić information content (AvgIpc) is 3.43. The minimum atomic E-state index is -0.204. The Hall–Kier alpha value is -6.18. The molecule has 0 unspecified atom stereocenters. The first kappa shape index (κ1) is 31.5. The van der Waals surface area contributed by atoms with Crippen molar-refractivity contribution in [2.24, 2.45) is 0 Å². The number of hydrogen-bond donors (Lipinski definition) is 0. The van der Waals surface area contributed by atoms with E-state index in [0.717, 1.165) is 17.1 Å². The Labute approximate surface area is 312 Å². The van der Waals surface area contributed by atoms with Crippen LogP contribution >= 0.6 is 0 Å². The highest BCUT2D eigenvalue weighted by molar-refractivity contribution is 6.10.